The van der Waals surface area contributed by atoms with E-state index in [4.69, 9.17) is 4.74 Å². The third kappa shape index (κ3) is 59.7. The number of rotatable bonds is 63. The van der Waals surface area contributed by atoms with E-state index >= 15 is 0 Å². The molecule has 0 saturated carbocycles. The van der Waals surface area contributed by atoms with Crippen LogP contribution in [-0.4, -0.2) is 47.4 Å². The molecule has 0 spiro atoms. The Balaban J connectivity index is 3.35. The third-order valence-corrected chi connectivity index (χ3v) is 15.8. The molecule has 434 valence electrons. The van der Waals surface area contributed by atoms with Crippen LogP contribution in [0.5, 0.6) is 0 Å². The number of unbranched alkanes of at least 4 members (excludes halogenated alkanes) is 50. The fourth-order valence-corrected chi connectivity index (χ4v) is 10.7. The molecule has 0 aromatic rings. The molecular weight excluding hydrogens is 899 g/mol. The minimum Gasteiger partial charge on any atom is -0.466 e. The highest BCUT2D eigenvalue weighted by Crippen LogP contribution is 2.19. The molecule has 0 fully saturated rings. The SMILES string of the molecule is CCCCCCC/C=C\CCCCCCCC(=O)OCCCCCCCCCCCCCCCCCCCCCCCCCCCC(=O)NC(CO)C(O)CCCCCCCCCCCCCCCCCCC. The lowest BCUT2D eigenvalue weighted by Gasteiger charge is -2.22. The highest BCUT2D eigenvalue weighted by Gasteiger charge is 2.20. The maximum atomic E-state index is 12.5. The van der Waals surface area contributed by atoms with Crippen LogP contribution < -0.4 is 5.32 Å². The molecule has 0 aromatic heterocycles. The van der Waals surface area contributed by atoms with Gasteiger partial charge in [0.25, 0.3) is 0 Å². The molecule has 0 bridgehead atoms. The predicted octanol–water partition coefficient (Wildman–Crippen LogP) is 21.2. The molecule has 0 radical (unpaired) electrons. The van der Waals surface area contributed by atoms with Gasteiger partial charge in [-0.3, -0.25) is 9.59 Å². The Labute approximate surface area is 457 Å². The summed E-state index contributed by atoms with van der Waals surface area (Å²) in [5, 5.41) is 23.4. The summed E-state index contributed by atoms with van der Waals surface area (Å²) in [6.45, 7) is 4.98. The quantitative estimate of drug-likeness (QED) is 0.0320. The Bertz CT molecular complexity index is 1100. The van der Waals surface area contributed by atoms with Crippen LogP contribution in [0.15, 0.2) is 12.2 Å². The first-order chi connectivity index (χ1) is 36.0. The number of hydrogen-bond donors (Lipinski definition) is 3. The van der Waals surface area contributed by atoms with Crippen molar-refractivity contribution in [3.63, 3.8) is 0 Å². The van der Waals surface area contributed by atoms with Crippen molar-refractivity contribution in [1.29, 1.82) is 0 Å². The molecule has 3 N–H and O–H groups in total. The van der Waals surface area contributed by atoms with Gasteiger partial charge >= 0.3 is 5.97 Å². The lowest BCUT2D eigenvalue weighted by Crippen LogP contribution is -2.45. The fraction of sp³-hybridized carbons (Fsp3) is 0.940. The maximum Gasteiger partial charge on any atom is 0.305 e. The molecule has 0 aliphatic heterocycles. The smallest absolute Gasteiger partial charge is 0.305 e. The van der Waals surface area contributed by atoms with Crippen LogP contribution in [-0.2, 0) is 14.3 Å². The van der Waals surface area contributed by atoms with Crippen LogP contribution in [0.3, 0.4) is 0 Å². The van der Waals surface area contributed by atoms with E-state index in [1.54, 1.807) is 0 Å². The Kier molecular flexibility index (Phi) is 61.9. The van der Waals surface area contributed by atoms with Crippen LogP contribution in [0.4, 0.5) is 0 Å². The number of aliphatic hydroxyl groups excluding tert-OH is 2. The Morgan fingerprint density at radius 3 is 0.973 bits per heavy atom. The summed E-state index contributed by atoms with van der Waals surface area (Å²) in [6, 6.07) is -0.540. The molecule has 0 aliphatic rings. The van der Waals surface area contributed by atoms with Crippen molar-refractivity contribution in [2.45, 2.75) is 392 Å². The molecule has 2 atom stereocenters. The minimum absolute atomic E-state index is 0.00872. The van der Waals surface area contributed by atoms with Crippen LogP contribution in [0, 0.1) is 0 Å². The zero-order valence-electron chi connectivity index (χ0n) is 49.6. The minimum atomic E-state index is -0.663. The van der Waals surface area contributed by atoms with Gasteiger partial charge in [-0.05, 0) is 51.4 Å². The summed E-state index contributed by atoms with van der Waals surface area (Å²) in [5.41, 5.74) is 0. The van der Waals surface area contributed by atoms with Crippen molar-refractivity contribution >= 4 is 11.9 Å². The number of aliphatic hydroxyl groups is 2. The zero-order valence-corrected chi connectivity index (χ0v) is 49.6. The number of carbonyl (C=O) groups excluding carboxylic acids is 2. The van der Waals surface area contributed by atoms with Crippen LogP contribution in [0.25, 0.3) is 0 Å². The molecule has 1 amide bonds. The number of amides is 1. The average molecular weight is 1030 g/mol. The molecule has 0 aliphatic carbocycles. The Morgan fingerprint density at radius 1 is 0.370 bits per heavy atom. The first-order valence-corrected chi connectivity index (χ1v) is 33.4. The zero-order chi connectivity index (χ0) is 52.9. The molecule has 0 heterocycles. The average Bonchev–Trinajstić information content (AvgIpc) is 3.39. The Morgan fingerprint density at radius 2 is 0.644 bits per heavy atom. The topological polar surface area (TPSA) is 95.9 Å². The first-order valence-electron chi connectivity index (χ1n) is 33.4. The van der Waals surface area contributed by atoms with Gasteiger partial charge in [-0.15, -0.1) is 0 Å². The monoisotopic (exact) mass is 1030 g/mol. The van der Waals surface area contributed by atoms with Crippen LogP contribution >= 0.6 is 0 Å². The number of esters is 1. The second kappa shape index (κ2) is 63.1. The summed E-state index contributed by atoms with van der Waals surface area (Å²) in [7, 11) is 0. The number of ether oxygens (including phenoxy) is 1. The van der Waals surface area contributed by atoms with Gasteiger partial charge < -0.3 is 20.3 Å². The van der Waals surface area contributed by atoms with Crippen molar-refractivity contribution in [3.8, 4) is 0 Å². The Hall–Kier alpha value is -1.40. The molecule has 2 unspecified atom stereocenters. The summed E-state index contributed by atoms with van der Waals surface area (Å²) in [5.74, 6) is -0.0209. The van der Waals surface area contributed by atoms with Gasteiger partial charge in [0.1, 0.15) is 0 Å². The molecule has 6 heteroatoms. The van der Waals surface area contributed by atoms with Crippen LogP contribution in [0.1, 0.15) is 380 Å². The predicted molar refractivity (Wildman–Crippen MR) is 320 cm³/mol. The van der Waals surface area contributed by atoms with Crippen molar-refractivity contribution < 1.29 is 24.5 Å². The van der Waals surface area contributed by atoms with Gasteiger partial charge in [0.05, 0.1) is 25.4 Å². The van der Waals surface area contributed by atoms with E-state index in [1.807, 2.05) is 0 Å². The standard InChI is InChI=1S/C67H131NO5/c1-3-5-7-9-11-13-15-17-19-29-32-35-39-43-47-51-55-59-65(70)64(63-69)68-66(71)60-56-52-48-44-40-36-33-30-27-25-23-21-20-22-24-26-28-31-34-38-42-46-50-54-58-62-73-67(72)61-57-53-49-45-41-37-18-16-14-12-10-8-6-4-2/h16,18,64-65,69-70H,3-15,17,19-63H2,1-2H3,(H,68,71)/b18-16-. The van der Waals surface area contributed by atoms with Gasteiger partial charge in [-0.25, -0.2) is 0 Å². The molecule has 73 heavy (non-hydrogen) atoms. The van der Waals surface area contributed by atoms with Crippen LogP contribution in [0.2, 0.25) is 0 Å². The van der Waals surface area contributed by atoms with Gasteiger partial charge in [-0.1, -0.05) is 328 Å². The van der Waals surface area contributed by atoms with E-state index in [0.717, 1.165) is 44.9 Å². The van der Waals surface area contributed by atoms with Gasteiger partial charge in [0, 0.05) is 12.8 Å². The van der Waals surface area contributed by atoms with E-state index in [2.05, 4.69) is 31.3 Å². The molecule has 0 saturated heterocycles. The molecule has 6 nitrogen and oxygen atoms in total. The summed E-state index contributed by atoms with van der Waals surface area (Å²) < 4.78 is 5.48. The fourth-order valence-electron chi connectivity index (χ4n) is 10.7. The second-order valence-corrected chi connectivity index (χ2v) is 23.2. The summed E-state index contributed by atoms with van der Waals surface area (Å²) in [6.07, 6.45) is 76.7. The van der Waals surface area contributed by atoms with E-state index in [1.165, 1.54) is 302 Å². The number of allylic oxidation sites excluding steroid dienone is 2. The van der Waals surface area contributed by atoms with Crippen molar-refractivity contribution in [2.75, 3.05) is 13.2 Å². The second-order valence-electron chi connectivity index (χ2n) is 23.2. The molecule has 0 rings (SSSR count). The van der Waals surface area contributed by atoms with Crippen molar-refractivity contribution in [3.05, 3.63) is 12.2 Å². The van der Waals surface area contributed by atoms with E-state index in [0.29, 0.717) is 25.9 Å². The number of hydrogen-bond acceptors (Lipinski definition) is 5. The van der Waals surface area contributed by atoms with Gasteiger partial charge in [-0.2, -0.15) is 0 Å². The summed E-state index contributed by atoms with van der Waals surface area (Å²) in [4.78, 5) is 24.6. The largest absolute Gasteiger partial charge is 0.466 e. The molecule has 0 aromatic carbocycles. The maximum absolute atomic E-state index is 12.5. The number of nitrogens with one attached hydrogen (secondary N) is 1. The normalized spacial score (nSPS) is 12.5. The third-order valence-electron chi connectivity index (χ3n) is 15.8. The highest BCUT2D eigenvalue weighted by molar-refractivity contribution is 5.76. The lowest BCUT2D eigenvalue weighted by molar-refractivity contribution is -0.143. The van der Waals surface area contributed by atoms with Gasteiger partial charge in [0.15, 0.2) is 0 Å². The highest BCUT2D eigenvalue weighted by atomic mass is 16.5. The van der Waals surface area contributed by atoms with Crippen molar-refractivity contribution in [1.82, 2.24) is 5.32 Å². The summed E-state index contributed by atoms with van der Waals surface area (Å²) >= 11 is 0. The first kappa shape index (κ1) is 71.6. The van der Waals surface area contributed by atoms with E-state index in [9.17, 15) is 19.8 Å². The lowest BCUT2D eigenvalue weighted by atomic mass is 10.0. The van der Waals surface area contributed by atoms with E-state index in [-0.39, 0.29) is 18.5 Å². The number of carbonyl (C=O) groups is 2. The molecular formula is C67H131NO5. The van der Waals surface area contributed by atoms with E-state index < -0.39 is 12.1 Å². The van der Waals surface area contributed by atoms with Crippen molar-refractivity contribution in [2.24, 2.45) is 0 Å². The van der Waals surface area contributed by atoms with Gasteiger partial charge in [0.2, 0.25) is 5.91 Å².